The topological polar surface area (TPSA) is 29.1 Å². The molecule has 0 aliphatic heterocycles. The lowest BCUT2D eigenvalue weighted by Gasteiger charge is -2.13. The Kier molecular flexibility index (Phi) is 5.68. The average Bonchev–Trinajstić information content (AvgIpc) is 2.55. The smallest absolute Gasteiger partial charge is 0.252 e. The molecule has 0 fully saturated rings. The van der Waals surface area contributed by atoms with Gasteiger partial charge in [0.2, 0.25) is 0 Å². The van der Waals surface area contributed by atoms with Crippen LogP contribution in [0.3, 0.4) is 0 Å². The van der Waals surface area contributed by atoms with Gasteiger partial charge in [-0.25, -0.2) is 0 Å². The number of carbonyl (C=O) groups is 1. The highest BCUT2D eigenvalue weighted by Crippen LogP contribution is 2.28. The molecule has 2 aromatic rings. The van der Waals surface area contributed by atoms with E-state index in [0.717, 1.165) is 5.56 Å². The van der Waals surface area contributed by atoms with Gasteiger partial charge >= 0.3 is 0 Å². The molecule has 0 saturated heterocycles. The molecule has 21 heavy (non-hydrogen) atoms. The van der Waals surface area contributed by atoms with Crippen molar-refractivity contribution in [1.82, 2.24) is 5.32 Å². The summed E-state index contributed by atoms with van der Waals surface area (Å²) in [5.41, 5.74) is 0.347. The zero-order valence-corrected chi connectivity index (χ0v) is 13.2. The van der Waals surface area contributed by atoms with Gasteiger partial charge in [0.25, 0.3) is 5.91 Å². The molecule has 0 aliphatic carbocycles. The molecule has 0 aromatic heterocycles. The number of carbonyl (C=O) groups excluding carboxylic acids is 1. The third kappa shape index (κ3) is 4.24. The second kappa shape index (κ2) is 7.51. The van der Waals surface area contributed by atoms with Crippen LogP contribution in [0.15, 0.2) is 65.7 Å². The third-order valence-corrected chi connectivity index (χ3v) is 4.12. The van der Waals surface area contributed by atoms with Crippen LogP contribution in [-0.4, -0.2) is 11.4 Å². The molecule has 2 nitrogen and oxygen atoms in total. The first kappa shape index (κ1) is 15.9. The molecule has 0 bridgehead atoms. The summed E-state index contributed by atoms with van der Waals surface area (Å²) < 4.78 is 0. The Morgan fingerprint density at radius 1 is 0.857 bits per heavy atom. The van der Waals surface area contributed by atoms with Crippen LogP contribution >= 0.6 is 34.8 Å². The van der Waals surface area contributed by atoms with Crippen molar-refractivity contribution in [3.8, 4) is 0 Å². The molecule has 0 aliphatic rings. The zero-order valence-electron chi connectivity index (χ0n) is 10.9. The van der Waals surface area contributed by atoms with Crippen molar-refractivity contribution < 1.29 is 4.79 Å². The molecule has 0 radical (unpaired) electrons. The maximum Gasteiger partial charge on any atom is 0.252 e. The van der Waals surface area contributed by atoms with Crippen molar-refractivity contribution in [3.63, 3.8) is 0 Å². The minimum absolute atomic E-state index is 0.175. The van der Waals surface area contributed by atoms with Crippen LogP contribution in [0, 0.1) is 0 Å². The number of amides is 1. The van der Waals surface area contributed by atoms with Crippen LogP contribution in [0.5, 0.6) is 0 Å². The Balaban J connectivity index is 2.13. The maximum absolute atomic E-state index is 12.0. The number of nitrogens with one attached hydrogen (secondary N) is 1. The summed E-state index contributed by atoms with van der Waals surface area (Å²) >= 11 is 18.5. The highest BCUT2D eigenvalue weighted by molar-refractivity contribution is 6.56. The number of alkyl halides is 1. The van der Waals surface area contributed by atoms with Gasteiger partial charge in [0.15, 0.2) is 0 Å². The van der Waals surface area contributed by atoms with Crippen LogP contribution in [0.25, 0.3) is 5.03 Å². The molecule has 108 valence electrons. The van der Waals surface area contributed by atoms with Crippen LogP contribution < -0.4 is 5.32 Å². The second-order valence-electron chi connectivity index (χ2n) is 4.23. The van der Waals surface area contributed by atoms with Gasteiger partial charge in [0.1, 0.15) is 5.50 Å². The molecule has 1 unspecified atom stereocenters. The van der Waals surface area contributed by atoms with Crippen molar-refractivity contribution in [2.45, 2.75) is 5.50 Å². The summed E-state index contributed by atoms with van der Waals surface area (Å²) in [7, 11) is 0. The van der Waals surface area contributed by atoms with E-state index in [1.54, 1.807) is 24.3 Å². The average molecular weight is 341 g/mol. The van der Waals surface area contributed by atoms with Crippen LogP contribution in [0.2, 0.25) is 0 Å². The molecule has 2 rings (SSSR count). The monoisotopic (exact) mass is 339 g/mol. The Hall–Kier alpha value is -1.48. The van der Waals surface area contributed by atoms with Crippen molar-refractivity contribution in [2.24, 2.45) is 0 Å². The highest BCUT2D eigenvalue weighted by atomic mass is 35.5. The van der Waals surface area contributed by atoms with Gasteiger partial charge in [-0.15, -0.1) is 0 Å². The summed E-state index contributed by atoms with van der Waals surface area (Å²) in [6, 6.07) is 17.9. The molecule has 5 heteroatoms. The van der Waals surface area contributed by atoms with Crippen molar-refractivity contribution in [3.05, 3.63) is 76.8 Å². The quantitative estimate of drug-likeness (QED) is 0.627. The van der Waals surface area contributed by atoms with E-state index in [0.29, 0.717) is 10.6 Å². The molecular formula is C16H12Cl3NO. The standard InChI is InChI=1S/C16H12Cl3NO/c17-13(11-7-3-1-4-8-11)14(18)15(19)20-16(21)12-9-5-2-6-10-12/h1-10,15H,(H,20,21). The lowest BCUT2D eigenvalue weighted by molar-refractivity contribution is 0.0953. The normalized spacial score (nSPS) is 13.3. The number of benzene rings is 2. The summed E-state index contributed by atoms with van der Waals surface area (Å²) in [6.45, 7) is 0. The summed E-state index contributed by atoms with van der Waals surface area (Å²) in [4.78, 5) is 12.0. The van der Waals surface area contributed by atoms with E-state index in [4.69, 9.17) is 34.8 Å². The van der Waals surface area contributed by atoms with Gasteiger partial charge in [0, 0.05) is 5.56 Å². The fourth-order valence-corrected chi connectivity index (χ4v) is 2.35. The lowest BCUT2D eigenvalue weighted by Crippen LogP contribution is -2.31. The lowest BCUT2D eigenvalue weighted by atomic mass is 10.2. The minimum Gasteiger partial charge on any atom is -0.331 e. The van der Waals surface area contributed by atoms with E-state index in [9.17, 15) is 4.79 Å². The Morgan fingerprint density at radius 3 is 1.86 bits per heavy atom. The summed E-state index contributed by atoms with van der Waals surface area (Å²) in [5.74, 6) is -0.314. The van der Waals surface area contributed by atoms with E-state index in [1.807, 2.05) is 36.4 Å². The number of rotatable bonds is 4. The predicted molar refractivity (Wildman–Crippen MR) is 88.6 cm³/mol. The van der Waals surface area contributed by atoms with Crippen LogP contribution in [-0.2, 0) is 0 Å². The molecule has 0 heterocycles. The molecule has 1 atom stereocenters. The molecule has 2 aromatic carbocycles. The summed E-state index contributed by atoms with van der Waals surface area (Å²) in [6.07, 6.45) is 0. The van der Waals surface area contributed by atoms with E-state index < -0.39 is 5.50 Å². The first-order valence-corrected chi connectivity index (χ1v) is 7.39. The van der Waals surface area contributed by atoms with Gasteiger partial charge in [-0.1, -0.05) is 83.3 Å². The van der Waals surface area contributed by atoms with E-state index in [2.05, 4.69) is 5.32 Å². The molecule has 1 amide bonds. The van der Waals surface area contributed by atoms with E-state index >= 15 is 0 Å². The van der Waals surface area contributed by atoms with E-state index in [-0.39, 0.29) is 10.9 Å². The largest absolute Gasteiger partial charge is 0.331 e. The van der Waals surface area contributed by atoms with Crippen LogP contribution in [0.1, 0.15) is 15.9 Å². The summed E-state index contributed by atoms with van der Waals surface area (Å²) in [5, 5.41) is 3.08. The molecule has 1 N–H and O–H groups in total. The van der Waals surface area contributed by atoms with Crippen molar-refractivity contribution in [1.29, 1.82) is 0 Å². The van der Waals surface area contributed by atoms with Crippen LogP contribution in [0.4, 0.5) is 0 Å². The first-order valence-electron chi connectivity index (χ1n) is 6.20. The third-order valence-electron chi connectivity index (χ3n) is 2.75. The molecule has 0 spiro atoms. The maximum atomic E-state index is 12.0. The SMILES string of the molecule is O=C(NC(Cl)C(Cl)=C(Cl)c1ccccc1)c1ccccc1. The highest BCUT2D eigenvalue weighted by Gasteiger charge is 2.17. The van der Waals surface area contributed by atoms with E-state index in [1.165, 1.54) is 0 Å². The predicted octanol–water partition coefficient (Wildman–Crippen LogP) is 4.83. The number of hydrogen-bond acceptors (Lipinski definition) is 1. The van der Waals surface area contributed by atoms with Gasteiger partial charge in [-0.3, -0.25) is 4.79 Å². The van der Waals surface area contributed by atoms with Crippen molar-refractivity contribution in [2.75, 3.05) is 0 Å². The van der Waals surface area contributed by atoms with Gasteiger partial charge < -0.3 is 5.32 Å². The first-order chi connectivity index (χ1) is 10.1. The fraction of sp³-hybridized carbons (Fsp3) is 0.0625. The molecular weight excluding hydrogens is 329 g/mol. The number of hydrogen-bond donors (Lipinski definition) is 1. The zero-order chi connectivity index (χ0) is 15.2. The Bertz CT molecular complexity index is 641. The minimum atomic E-state index is -0.896. The van der Waals surface area contributed by atoms with Gasteiger partial charge in [0.05, 0.1) is 10.1 Å². The number of halogens is 3. The Morgan fingerprint density at radius 2 is 1.33 bits per heavy atom. The fourth-order valence-electron chi connectivity index (χ4n) is 1.68. The van der Waals surface area contributed by atoms with Crippen molar-refractivity contribution >= 4 is 45.7 Å². The Labute approximate surface area is 138 Å². The van der Waals surface area contributed by atoms with Gasteiger partial charge in [-0.2, -0.15) is 0 Å². The van der Waals surface area contributed by atoms with Gasteiger partial charge in [-0.05, 0) is 17.7 Å². The molecule has 0 saturated carbocycles. The second-order valence-corrected chi connectivity index (χ2v) is 5.45.